The molecule has 102 valence electrons. The Morgan fingerprint density at radius 3 is 2.65 bits per heavy atom. The number of rotatable bonds is 4. The van der Waals surface area contributed by atoms with Crippen molar-refractivity contribution in [3.63, 3.8) is 0 Å². The monoisotopic (exact) mass is 283 g/mol. The number of anilines is 1. The van der Waals surface area contributed by atoms with E-state index in [9.17, 15) is 5.11 Å². The van der Waals surface area contributed by atoms with Gasteiger partial charge in [-0.3, -0.25) is 0 Å². The molecule has 0 aliphatic carbocycles. The van der Waals surface area contributed by atoms with E-state index in [-0.39, 0.29) is 12.6 Å². The number of para-hydroxylation sites is 1. The molecule has 20 heavy (non-hydrogen) atoms. The molecule has 0 bridgehead atoms. The predicted molar refractivity (Wildman–Crippen MR) is 86.2 cm³/mol. The number of aliphatic hydroxyl groups is 1. The highest BCUT2D eigenvalue weighted by atomic mass is 32.1. The van der Waals surface area contributed by atoms with Gasteiger partial charge in [0.2, 0.25) is 0 Å². The Kier molecular flexibility index (Phi) is 3.72. The fraction of sp³-hybridized carbons (Fsp3) is 0.176. The molecule has 0 radical (unpaired) electrons. The van der Waals surface area contributed by atoms with Gasteiger partial charge in [-0.05, 0) is 30.5 Å². The van der Waals surface area contributed by atoms with Crippen molar-refractivity contribution in [1.29, 1.82) is 0 Å². The first-order chi connectivity index (χ1) is 9.78. The molecule has 0 fully saturated rings. The molecule has 2 nitrogen and oxygen atoms in total. The fourth-order valence-corrected chi connectivity index (χ4v) is 3.39. The summed E-state index contributed by atoms with van der Waals surface area (Å²) in [6.45, 7) is 2.21. The Balaban J connectivity index is 1.87. The molecule has 0 aliphatic rings. The summed E-state index contributed by atoms with van der Waals surface area (Å²) in [7, 11) is 0. The summed E-state index contributed by atoms with van der Waals surface area (Å²) in [5.74, 6) is 0. The van der Waals surface area contributed by atoms with Crippen molar-refractivity contribution in [1.82, 2.24) is 0 Å². The molecule has 1 unspecified atom stereocenters. The minimum atomic E-state index is 0.0578. The van der Waals surface area contributed by atoms with Gasteiger partial charge in [0.05, 0.1) is 12.6 Å². The van der Waals surface area contributed by atoms with E-state index < -0.39 is 0 Å². The highest BCUT2D eigenvalue weighted by Gasteiger charge is 2.10. The third-order valence-electron chi connectivity index (χ3n) is 3.43. The van der Waals surface area contributed by atoms with Crippen LogP contribution in [0.15, 0.2) is 54.6 Å². The van der Waals surface area contributed by atoms with Gasteiger partial charge < -0.3 is 10.4 Å². The van der Waals surface area contributed by atoms with Crippen molar-refractivity contribution in [3.05, 3.63) is 65.0 Å². The van der Waals surface area contributed by atoms with Gasteiger partial charge in [0.25, 0.3) is 0 Å². The third-order valence-corrected chi connectivity index (χ3v) is 4.73. The Hall–Kier alpha value is -1.84. The molecule has 0 aliphatic heterocycles. The van der Waals surface area contributed by atoms with E-state index in [2.05, 4.69) is 42.6 Å². The van der Waals surface area contributed by atoms with Crippen LogP contribution in [0.25, 0.3) is 10.1 Å². The largest absolute Gasteiger partial charge is 0.392 e. The van der Waals surface area contributed by atoms with Crippen molar-refractivity contribution in [3.8, 4) is 0 Å². The smallest absolute Gasteiger partial charge is 0.0701 e. The van der Waals surface area contributed by atoms with Crippen molar-refractivity contribution in [2.24, 2.45) is 0 Å². The second-order valence-electron chi connectivity index (χ2n) is 4.87. The highest BCUT2D eigenvalue weighted by Crippen LogP contribution is 2.32. The minimum absolute atomic E-state index is 0.0578. The highest BCUT2D eigenvalue weighted by molar-refractivity contribution is 7.19. The topological polar surface area (TPSA) is 32.3 Å². The van der Waals surface area contributed by atoms with Crippen LogP contribution in [-0.4, -0.2) is 5.11 Å². The van der Waals surface area contributed by atoms with E-state index in [1.807, 2.05) is 35.6 Å². The van der Waals surface area contributed by atoms with Crippen molar-refractivity contribution < 1.29 is 5.11 Å². The van der Waals surface area contributed by atoms with Gasteiger partial charge in [0, 0.05) is 20.8 Å². The zero-order valence-corrected chi connectivity index (χ0v) is 12.2. The molecule has 3 heteroatoms. The molecule has 1 atom stereocenters. The lowest BCUT2D eigenvalue weighted by molar-refractivity contribution is 0.282. The standard InChI is InChI=1S/C17H17NOS/c1-12(18-15-8-4-2-7-14(15)11-19)17-10-13-6-3-5-9-16(13)20-17/h2-10,12,18-19H,11H2,1H3. The van der Waals surface area contributed by atoms with Crippen LogP contribution in [-0.2, 0) is 6.61 Å². The quantitative estimate of drug-likeness (QED) is 0.735. The minimum Gasteiger partial charge on any atom is -0.392 e. The number of thiophene rings is 1. The normalized spacial score (nSPS) is 12.5. The summed E-state index contributed by atoms with van der Waals surface area (Å²) < 4.78 is 1.31. The Labute approximate surface area is 122 Å². The third kappa shape index (κ3) is 2.55. The number of hydrogen-bond acceptors (Lipinski definition) is 3. The average molecular weight is 283 g/mol. The van der Waals surface area contributed by atoms with Crippen LogP contribution in [0, 0.1) is 0 Å². The molecular weight excluding hydrogens is 266 g/mol. The van der Waals surface area contributed by atoms with Crippen LogP contribution in [0.2, 0.25) is 0 Å². The van der Waals surface area contributed by atoms with E-state index in [1.54, 1.807) is 0 Å². The fourth-order valence-electron chi connectivity index (χ4n) is 2.32. The maximum absolute atomic E-state index is 9.38. The summed E-state index contributed by atoms with van der Waals surface area (Å²) in [4.78, 5) is 1.30. The van der Waals surface area contributed by atoms with E-state index >= 15 is 0 Å². The predicted octanol–water partition coefficient (Wildman–Crippen LogP) is 4.57. The van der Waals surface area contributed by atoms with E-state index in [1.165, 1.54) is 15.0 Å². The van der Waals surface area contributed by atoms with Crippen LogP contribution >= 0.6 is 11.3 Å². The molecule has 0 saturated heterocycles. The first-order valence-electron chi connectivity index (χ1n) is 6.71. The zero-order valence-electron chi connectivity index (χ0n) is 11.3. The molecule has 1 aromatic heterocycles. The first-order valence-corrected chi connectivity index (χ1v) is 7.53. The van der Waals surface area contributed by atoms with Gasteiger partial charge in [-0.15, -0.1) is 11.3 Å². The number of fused-ring (bicyclic) bond motifs is 1. The van der Waals surface area contributed by atoms with Crippen LogP contribution in [0.3, 0.4) is 0 Å². The van der Waals surface area contributed by atoms with E-state index in [4.69, 9.17) is 0 Å². The zero-order chi connectivity index (χ0) is 13.9. The second-order valence-corrected chi connectivity index (χ2v) is 5.98. The van der Waals surface area contributed by atoms with E-state index in [0.717, 1.165) is 11.3 Å². The number of nitrogens with one attached hydrogen (secondary N) is 1. The SMILES string of the molecule is CC(Nc1ccccc1CO)c1cc2ccccc2s1. The summed E-state index contributed by atoms with van der Waals surface area (Å²) in [6, 6.07) is 18.8. The summed E-state index contributed by atoms with van der Waals surface area (Å²) in [5, 5.41) is 14.2. The molecule has 1 heterocycles. The average Bonchev–Trinajstić information content (AvgIpc) is 2.92. The molecule has 2 aromatic carbocycles. The Morgan fingerprint density at radius 2 is 1.85 bits per heavy atom. The molecular formula is C17H17NOS. The molecule has 2 N–H and O–H groups in total. The van der Waals surface area contributed by atoms with Crippen LogP contribution < -0.4 is 5.32 Å². The maximum atomic E-state index is 9.38. The molecule has 3 aromatic rings. The second kappa shape index (κ2) is 5.65. The van der Waals surface area contributed by atoms with Gasteiger partial charge in [0.1, 0.15) is 0 Å². The molecule has 0 amide bonds. The Bertz CT molecular complexity index is 687. The molecule has 0 spiro atoms. The van der Waals surface area contributed by atoms with E-state index in [0.29, 0.717) is 0 Å². The summed E-state index contributed by atoms with van der Waals surface area (Å²) >= 11 is 1.81. The molecule has 0 saturated carbocycles. The van der Waals surface area contributed by atoms with Crippen molar-refractivity contribution in [2.45, 2.75) is 19.6 Å². The summed E-state index contributed by atoms with van der Waals surface area (Å²) in [5.41, 5.74) is 1.93. The van der Waals surface area contributed by atoms with Crippen LogP contribution in [0.5, 0.6) is 0 Å². The van der Waals surface area contributed by atoms with Crippen molar-refractivity contribution in [2.75, 3.05) is 5.32 Å². The number of aliphatic hydroxyl groups excluding tert-OH is 1. The Morgan fingerprint density at radius 1 is 1.10 bits per heavy atom. The summed E-state index contributed by atoms with van der Waals surface area (Å²) in [6.07, 6.45) is 0. The number of hydrogen-bond donors (Lipinski definition) is 2. The van der Waals surface area contributed by atoms with Crippen LogP contribution in [0.4, 0.5) is 5.69 Å². The van der Waals surface area contributed by atoms with Gasteiger partial charge in [0.15, 0.2) is 0 Å². The molecule has 3 rings (SSSR count). The van der Waals surface area contributed by atoms with Gasteiger partial charge >= 0.3 is 0 Å². The lowest BCUT2D eigenvalue weighted by Crippen LogP contribution is -2.06. The van der Waals surface area contributed by atoms with Gasteiger partial charge in [-0.1, -0.05) is 36.4 Å². The maximum Gasteiger partial charge on any atom is 0.0701 e. The van der Waals surface area contributed by atoms with Crippen molar-refractivity contribution >= 4 is 27.1 Å². The van der Waals surface area contributed by atoms with Gasteiger partial charge in [-0.25, -0.2) is 0 Å². The van der Waals surface area contributed by atoms with Crippen LogP contribution in [0.1, 0.15) is 23.4 Å². The lowest BCUT2D eigenvalue weighted by Gasteiger charge is -2.16. The number of benzene rings is 2. The lowest BCUT2D eigenvalue weighted by atomic mass is 10.1. The first kappa shape index (κ1) is 13.2. The van der Waals surface area contributed by atoms with Gasteiger partial charge in [-0.2, -0.15) is 0 Å².